The minimum Gasteiger partial charge on any atom is -0.497 e. The Hall–Kier alpha value is -1.51. The summed E-state index contributed by atoms with van der Waals surface area (Å²) >= 11 is 0. The van der Waals surface area contributed by atoms with Crippen molar-refractivity contribution in [2.75, 3.05) is 13.7 Å². The van der Waals surface area contributed by atoms with E-state index < -0.39 is 0 Å². The number of methoxy groups -OCH3 is 1. The molecule has 1 amide bonds. The number of ether oxygens (including phenoxy) is 1. The van der Waals surface area contributed by atoms with Crippen LogP contribution in [0, 0.1) is 0 Å². The Morgan fingerprint density at radius 3 is 2.56 bits per heavy atom. The van der Waals surface area contributed by atoms with Gasteiger partial charge in [-0.2, -0.15) is 0 Å². The fourth-order valence-electron chi connectivity index (χ4n) is 1.74. The van der Waals surface area contributed by atoms with Gasteiger partial charge in [0.1, 0.15) is 5.75 Å². The van der Waals surface area contributed by atoms with Crippen LogP contribution in [0.25, 0.3) is 0 Å². The molecule has 1 aromatic carbocycles. The predicted octanol–water partition coefficient (Wildman–Crippen LogP) is 2.93. The molecule has 0 unspecified atom stereocenters. The van der Waals surface area contributed by atoms with Gasteiger partial charge >= 0.3 is 0 Å². The number of hydrogen-bond donors (Lipinski definition) is 1. The number of carbonyl (C=O) groups is 1. The topological polar surface area (TPSA) is 38.3 Å². The maximum Gasteiger partial charge on any atom is 0.219 e. The molecular weight excluding hydrogens is 226 g/mol. The van der Waals surface area contributed by atoms with Crippen LogP contribution in [0.5, 0.6) is 5.75 Å². The number of benzene rings is 1. The van der Waals surface area contributed by atoms with E-state index in [0.29, 0.717) is 6.42 Å². The highest BCUT2D eigenvalue weighted by Crippen LogP contribution is 2.12. The highest BCUT2D eigenvalue weighted by molar-refractivity contribution is 5.75. The normalized spacial score (nSPS) is 10.1. The van der Waals surface area contributed by atoms with Crippen molar-refractivity contribution in [1.29, 1.82) is 0 Å². The van der Waals surface area contributed by atoms with E-state index in [1.54, 1.807) is 7.11 Å². The van der Waals surface area contributed by atoms with Crippen LogP contribution >= 0.6 is 0 Å². The second-order valence-electron chi connectivity index (χ2n) is 4.41. The molecule has 3 nitrogen and oxygen atoms in total. The van der Waals surface area contributed by atoms with Gasteiger partial charge in [-0.3, -0.25) is 4.79 Å². The summed E-state index contributed by atoms with van der Waals surface area (Å²) in [4.78, 5) is 11.4. The van der Waals surface area contributed by atoms with Crippen LogP contribution in [0.4, 0.5) is 0 Å². The van der Waals surface area contributed by atoms with Gasteiger partial charge in [-0.25, -0.2) is 0 Å². The first-order valence-corrected chi connectivity index (χ1v) is 6.66. The zero-order chi connectivity index (χ0) is 13.2. The lowest BCUT2D eigenvalue weighted by Gasteiger charge is -2.05. The molecule has 0 aliphatic carbocycles. The Labute approximate surface area is 110 Å². The predicted molar refractivity (Wildman–Crippen MR) is 73.8 cm³/mol. The SMILES string of the molecule is CCCCC(=O)NCCCc1ccc(OC)cc1. The molecule has 18 heavy (non-hydrogen) atoms. The number of rotatable bonds is 8. The Kier molecular flexibility index (Phi) is 6.92. The monoisotopic (exact) mass is 249 g/mol. The number of nitrogens with one attached hydrogen (secondary N) is 1. The van der Waals surface area contributed by atoms with E-state index >= 15 is 0 Å². The van der Waals surface area contributed by atoms with Crippen molar-refractivity contribution in [3.05, 3.63) is 29.8 Å². The third-order valence-corrected chi connectivity index (χ3v) is 2.88. The molecule has 0 aromatic heterocycles. The smallest absolute Gasteiger partial charge is 0.219 e. The summed E-state index contributed by atoms with van der Waals surface area (Å²) in [6, 6.07) is 8.07. The van der Waals surface area contributed by atoms with Gasteiger partial charge in [0.15, 0.2) is 0 Å². The average molecular weight is 249 g/mol. The molecule has 0 spiro atoms. The van der Waals surface area contributed by atoms with E-state index in [4.69, 9.17) is 4.74 Å². The van der Waals surface area contributed by atoms with Crippen LogP contribution in [0.2, 0.25) is 0 Å². The van der Waals surface area contributed by atoms with Crippen molar-refractivity contribution in [2.45, 2.75) is 39.0 Å². The molecule has 0 saturated heterocycles. The van der Waals surface area contributed by atoms with Gasteiger partial charge in [0.25, 0.3) is 0 Å². The highest BCUT2D eigenvalue weighted by Gasteiger charge is 1.99. The van der Waals surface area contributed by atoms with Crippen LogP contribution in [0.15, 0.2) is 24.3 Å². The van der Waals surface area contributed by atoms with Crippen LogP contribution in [0.1, 0.15) is 38.2 Å². The second kappa shape index (κ2) is 8.56. The second-order valence-corrected chi connectivity index (χ2v) is 4.41. The molecule has 0 bridgehead atoms. The van der Waals surface area contributed by atoms with E-state index in [1.165, 1.54) is 5.56 Å². The minimum absolute atomic E-state index is 0.173. The maximum absolute atomic E-state index is 11.4. The first-order chi connectivity index (χ1) is 8.76. The number of carbonyl (C=O) groups excluding carboxylic acids is 1. The average Bonchev–Trinajstić information content (AvgIpc) is 2.42. The van der Waals surface area contributed by atoms with Gasteiger partial charge in [0.2, 0.25) is 5.91 Å². The largest absolute Gasteiger partial charge is 0.497 e. The van der Waals surface area contributed by atoms with Crippen molar-refractivity contribution in [2.24, 2.45) is 0 Å². The van der Waals surface area contributed by atoms with E-state index in [1.807, 2.05) is 12.1 Å². The van der Waals surface area contributed by atoms with E-state index in [0.717, 1.165) is 38.0 Å². The fraction of sp³-hybridized carbons (Fsp3) is 0.533. The first-order valence-electron chi connectivity index (χ1n) is 6.66. The maximum atomic E-state index is 11.4. The van der Waals surface area contributed by atoms with Gasteiger partial charge in [-0.05, 0) is 37.0 Å². The van der Waals surface area contributed by atoms with Crippen LogP contribution < -0.4 is 10.1 Å². The third-order valence-electron chi connectivity index (χ3n) is 2.88. The molecule has 1 N–H and O–H groups in total. The third kappa shape index (κ3) is 5.71. The van der Waals surface area contributed by atoms with Crippen molar-refractivity contribution in [1.82, 2.24) is 5.32 Å². The lowest BCUT2D eigenvalue weighted by Crippen LogP contribution is -2.24. The van der Waals surface area contributed by atoms with E-state index in [2.05, 4.69) is 24.4 Å². The lowest BCUT2D eigenvalue weighted by atomic mass is 10.1. The summed E-state index contributed by atoms with van der Waals surface area (Å²) in [5, 5.41) is 2.95. The summed E-state index contributed by atoms with van der Waals surface area (Å²) in [7, 11) is 1.67. The standard InChI is InChI=1S/C15H23NO2/c1-3-4-7-15(17)16-12-5-6-13-8-10-14(18-2)11-9-13/h8-11H,3-7,12H2,1-2H3,(H,16,17). The molecule has 3 heteroatoms. The Bertz CT molecular complexity index is 346. The zero-order valence-electron chi connectivity index (χ0n) is 11.4. The molecule has 0 heterocycles. The number of hydrogen-bond acceptors (Lipinski definition) is 2. The molecule has 100 valence electrons. The van der Waals surface area contributed by atoms with Crippen molar-refractivity contribution in [3.63, 3.8) is 0 Å². The highest BCUT2D eigenvalue weighted by atomic mass is 16.5. The number of aryl methyl sites for hydroxylation is 1. The molecule has 1 rings (SSSR count). The van der Waals surface area contributed by atoms with Gasteiger partial charge in [0.05, 0.1) is 7.11 Å². The molecule has 0 aliphatic rings. The first kappa shape index (κ1) is 14.6. The lowest BCUT2D eigenvalue weighted by molar-refractivity contribution is -0.121. The molecule has 1 aromatic rings. The van der Waals surface area contributed by atoms with Gasteiger partial charge < -0.3 is 10.1 Å². The van der Waals surface area contributed by atoms with Gasteiger partial charge in [-0.15, -0.1) is 0 Å². The van der Waals surface area contributed by atoms with Crippen molar-refractivity contribution in [3.8, 4) is 5.75 Å². The summed E-state index contributed by atoms with van der Waals surface area (Å²) in [5.74, 6) is 1.05. The number of unbranched alkanes of at least 4 members (excludes halogenated alkanes) is 1. The van der Waals surface area contributed by atoms with Gasteiger partial charge in [0, 0.05) is 13.0 Å². The summed E-state index contributed by atoms with van der Waals surface area (Å²) < 4.78 is 5.11. The van der Waals surface area contributed by atoms with E-state index in [9.17, 15) is 4.79 Å². The number of amides is 1. The summed E-state index contributed by atoms with van der Waals surface area (Å²) in [5.41, 5.74) is 1.28. The van der Waals surface area contributed by atoms with Crippen LogP contribution in [-0.2, 0) is 11.2 Å². The Balaban J connectivity index is 2.15. The molecule has 0 fully saturated rings. The fourth-order valence-corrected chi connectivity index (χ4v) is 1.74. The van der Waals surface area contributed by atoms with E-state index in [-0.39, 0.29) is 5.91 Å². The zero-order valence-corrected chi connectivity index (χ0v) is 11.4. The molecular formula is C15H23NO2. The molecule has 0 atom stereocenters. The Morgan fingerprint density at radius 1 is 1.22 bits per heavy atom. The quantitative estimate of drug-likeness (QED) is 0.719. The Morgan fingerprint density at radius 2 is 1.94 bits per heavy atom. The summed E-state index contributed by atoms with van der Waals surface area (Å²) in [6.45, 7) is 2.85. The molecule has 0 aliphatic heterocycles. The molecule has 0 radical (unpaired) electrons. The summed E-state index contributed by atoms with van der Waals surface area (Å²) in [6.07, 6.45) is 4.66. The van der Waals surface area contributed by atoms with Crippen LogP contribution in [0.3, 0.4) is 0 Å². The minimum atomic E-state index is 0.173. The molecule has 0 saturated carbocycles. The van der Waals surface area contributed by atoms with Crippen LogP contribution in [-0.4, -0.2) is 19.6 Å². The van der Waals surface area contributed by atoms with Crippen molar-refractivity contribution < 1.29 is 9.53 Å². The van der Waals surface area contributed by atoms with Crippen molar-refractivity contribution >= 4 is 5.91 Å². The van der Waals surface area contributed by atoms with Gasteiger partial charge in [-0.1, -0.05) is 25.5 Å².